The molecule has 4 nitrogen and oxygen atoms in total. The standard InChI is InChI=1S/C21H34N2O2/c1-15-11-16(2)14-23(13-15)20(24)18-8-7-17(3)19(12-18)22-9-10-25-21(4,5)6/h7-8,12,15-16,22H,9-11,13-14H2,1-6H3/t15-,16-/m1/s1. The minimum Gasteiger partial charge on any atom is -0.382 e. The number of carbonyl (C=O) groups is 1. The van der Waals surface area contributed by atoms with Crippen LogP contribution < -0.4 is 5.32 Å². The predicted molar refractivity (Wildman–Crippen MR) is 104 cm³/mol. The molecule has 1 heterocycles. The van der Waals surface area contributed by atoms with Gasteiger partial charge in [-0.05, 0) is 63.6 Å². The van der Waals surface area contributed by atoms with Crippen molar-refractivity contribution in [1.82, 2.24) is 4.90 Å². The second kappa shape index (κ2) is 8.22. The largest absolute Gasteiger partial charge is 0.382 e. The fourth-order valence-electron chi connectivity index (χ4n) is 3.50. The van der Waals surface area contributed by atoms with Crippen LogP contribution in [-0.2, 0) is 4.74 Å². The molecule has 1 saturated heterocycles. The van der Waals surface area contributed by atoms with E-state index in [1.54, 1.807) is 0 Å². The number of amides is 1. The topological polar surface area (TPSA) is 41.6 Å². The van der Waals surface area contributed by atoms with Crippen LogP contribution in [0.1, 0.15) is 57.0 Å². The summed E-state index contributed by atoms with van der Waals surface area (Å²) in [7, 11) is 0. The van der Waals surface area contributed by atoms with E-state index in [4.69, 9.17) is 4.74 Å². The third-order valence-corrected chi connectivity index (χ3v) is 4.59. The monoisotopic (exact) mass is 346 g/mol. The summed E-state index contributed by atoms with van der Waals surface area (Å²) < 4.78 is 5.75. The Morgan fingerprint density at radius 3 is 2.48 bits per heavy atom. The van der Waals surface area contributed by atoms with Crippen LogP contribution in [0.2, 0.25) is 0 Å². The average Bonchev–Trinajstić information content (AvgIpc) is 2.50. The van der Waals surface area contributed by atoms with Gasteiger partial charge in [-0.3, -0.25) is 4.79 Å². The third kappa shape index (κ3) is 6.03. The summed E-state index contributed by atoms with van der Waals surface area (Å²) in [4.78, 5) is 14.9. The number of likely N-dealkylation sites (tertiary alicyclic amines) is 1. The lowest BCUT2D eigenvalue weighted by molar-refractivity contribution is 0.00333. The van der Waals surface area contributed by atoms with Crippen LogP contribution in [0, 0.1) is 18.8 Å². The Morgan fingerprint density at radius 1 is 1.24 bits per heavy atom. The summed E-state index contributed by atoms with van der Waals surface area (Å²) in [6.45, 7) is 15.8. The molecule has 1 N–H and O–H groups in total. The Labute approximate surface area is 152 Å². The second-order valence-electron chi connectivity index (χ2n) is 8.57. The normalized spacial score (nSPS) is 21.3. The van der Waals surface area contributed by atoms with E-state index in [-0.39, 0.29) is 11.5 Å². The summed E-state index contributed by atoms with van der Waals surface area (Å²) in [6, 6.07) is 5.95. The number of rotatable bonds is 5. The van der Waals surface area contributed by atoms with E-state index in [9.17, 15) is 4.79 Å². The molecule has 0 saturated carbocycles. The molecule has 25 heavy (non-hydrogen) atoms. The molecule has 4 heteroatoms. The molecule has 0 bridgehead atoms. The molecule has 0 aliphatic carbocycles. The van der Waals surface area contributed by atoms with Crippen LogP contribution in [-0.4, -0.2) is 42.6 Å². The quantitative estimate of drug-likeness (QED) is 0.806. The number of aryl methyl sites for hydroxylation is 1. The van der Waals surface area contributed by atoms with Crippen LogP contribution in [0.25, 0.3) is 0 Å². The molecule has 1 fully saturated rings. The number of piperidine rings is 1. The molecule has 1 aliphatic rings. The number of hydrogen-bond donors (Lipinski definition) is 1. The van der Waals surface area contributed by atoms with Gasteiger partial charge in [0.25, 0.3) is 5.91 Å². The highest BCUT2D eigenvalue weighted by Crippen LogP contribution is 2.24. The first kappa shape index (κ1) is 19.8. The maximum Gasteiger partial charge on any atom is 0.253 e. The highest BCUT2D eigenvalue weighted by atomic mass is 16.5. The predicted octanol–water partition coefficient (Wildman–Crippen LogP) is 4.34. The molecular formula is C21H34N2O2. The Hall–Kier alpha value is -1.55. The summed E-state index contributed by atoms with van der Waals surface area (Å²) in [5, 5.41) is 3.41. The summed E-state index contributed by atoms with van der Waals surface area (Å²) in [5.74, 6) is 1.29. The van der Waals surface area contributed by atoms with Gasteiger partial charge in [0.1, 0.15) is 0 Å². The molecule has 0 unspecified atom stereocenters. The SMILES string of the molecule is Cc1ccc(C(=O)N2C[C@H](C)C[C@@H](C)C2)cc1NCCOC(C)(C)C. The lowest BCUT2D eigenvalue weighted by atomic mass is 9.91. The minimum atomic E-state index is -0.129. The van der Waals surface area contributed by atoms with Crippen LogP contribution in [0.4, 0.5) is 5.69 Å². The Balaban J connectivity index is 2.01. The average molecular weight is 347 g/mol. The van der Waals surface area contributed by atoms with Crippen molar-refractivity contribution in [2.24, 2.45) is 11.8 Å². The van der Waals surface area contributed by atoms with Crippen molar-refractivity contribution < 1.29 is 9.53 Å². The van der Waals surface area contributed by atoms with Crippen LogP contribution >= 0.6 is 0 Å². The zero-order valence-electron chi connectivity index (χ0n) is 16.7. The molecule has 0 radical (unpaired) electrons. The maximum atomic E-state index is 12.9. The van der Waals surface area contributed by atoms with Gasteiger partial charge in [0.15, 0.2) is 0 Å². The highest BCUT2D eigenvalue weighted by molar-refractivity contribution is 5.95. The number of nitrogens with one attached hydrogen (secondary N) is 1. The zero-order valence-corrected chi connectivity index (χ0v) is 16.7. The molecule has 2 rings (SSSR count). The van der Waals surface area contributed by atoms with Crippen molar-refractivity contribution in [3.8, 4) is 0 Å². The van der Waals surface area contributed by atoms with E-state index in [0.29, 0.717) is 18.4 Å². The lowest BCUT2D eigenvalue weighted by Crippen LogP contribution is -2.42. The number of anilines is 1. The Bertz CT molecular complexity index is 582. The van der Waals surface area contributed by atoms with Crippen molar-refractivity contribution in [3.63, 3.8) is 0 Å². The smallest absolute Gasteiger partial charge is 0.253 e. The maximum absolute atomic E-state index is 12.9. The lowest BCUT2D eigenvalue weighted by Gasteiger charge is -2.35. The van der Waals surface area contributed by atoms with Crippen LogP contribution in [0.5, 0.6) is 0 Å². The Kier molecular flexibility index (Phi) is 6.50. The first-order valence-corrected chi connectivity index (χ1v) is 9.43. The minimum absolute atomic E-state index is 0.129. The molecule has 0 spiro atoms. The van der Waals surface area contributed by atoms with Gasteiger partial charge >= 0.3 is 0 Å². The molecule has 1 aromatic carbocycles. The molecule has 2 atom stereocenters. The number of nitrogens with zero attached hydrogens (tertiary/aromatic N) is 1. The molecule has 1 amide bonds. The Morgan fingerprint density at radius 2 is 1.88 bits per heavy atom. The third-order valence-electron chi connectivity index (χ3n) is 4.59. The number of carbonyl (C=O) groups excluding carboxylic acids is 1. The first-order chi connectivity index (χ1) is 11.7. The summed E-state index contributed by atoms with van der Waals surface area (Å²) >= 11 is 0. The number of benzene rings is 1. The van der Waals surface area contributed by atoms with Crippen molar-refractivity contribution >= 4 is 11.6 Å². The second-order valence-corrected chi connectivity index (χ2v) is 8.57. The molecule has 0 aromatic heterocycles. The van der Waals surface area contributed by atoms with E-state index in [1.165, 1.54) is 6.42 Å². The number of hydrogen-bond acceptors (Lipinski definition) is 3. The fourth-order valence-corrected chi connectivity index (χ4v) is 3.50. The van der Waals surface area contributed by atoms with Crippen molar-refractivity contribution in [2.45, 2.75) is 53.6 Å². The molecule has 1 aliphatic heterocycles. The highest BCUT2D eigenvalue weighted by Gasteiger charge is 2.26. The van der Waals surface area contributed by atoms with Crippen molar-refractivity contribution in [1.29, 1.82) is 0 Å². The van der Waals surface area contributed by atoms with Crippen LogP contribution in [0.3, 0.4) is 0 Å². The number of ether oxygens (including phenoxy) is 1. The van der Waals surface area contributed by atoms with Gasteiger partial charge in [0, 0.05) is 30.9 Å². The van der Waals surface area contributed by atoms with Gasteiger partial charge in [-0.25, -0.2) is 0 Å². The van der Waals surface area contributed by atoms with Gasteiger partial charge < -0.3 is 15.0 Å². The van der Waals surface area contributed by atoms with Crippen molar-refractivity contribution in [3.05, 3.63) is 29.3 Å². The molecular weight excluding hydrogens is 312 g/mol. The van der Waals surface area contributed by atoms with Gasteiger partial charge in [-0.15, -0.1) is 0 Å². The van der Waals surface area contributed by atoms with E-state index in [2.05, 4.69) is 46.9 Å². The summed E-state index contributed by atoms with van der Waals surface area (Å²) in [6.07, 6.45) is 1.21. The van der Waals surface area contributed by atoms with E-state index >= 15 is 0 Å². The van der Waals surface area contributed by atoms with Crippen molar-refractivity contribution in [2.75, 3.05) is 31.6 Å². The van der Waals surface area contributed by atoms with Crippen LogP contribution in [0.15, 0.2) is 18.2 Å². The van der Waals surface area contributed by atoms with Gasteiger partial charge in [-0.2, -0.15) is 0 Å². The van der Waals surface area contributed by atoms with E-state index < -0.39 is 0 Å². The van der Waals surface area contributed by atoms with Gasteiger partial charge in [-0.1, -0.05) is 19.9 Å². The first-order valence-electron chi connectivity index (χ1n) is 9.43. The van der Waals surface area contributed by atoms with E-state index in [1.807, 2.05) is 23.1 Å². The molecule has 140 valence electrons. The fraction of sp³-hybridized carbons (Fsp3) is 0.667. The zero-order chi connectivity index (χ0) is 18.6. The summed E-state index contributed by atoms with van der Waals surface area (Å²) in [5.41, 5.74) is 2.80. The van der Waals surface area contributed by atoms with Gasteiger partial charge in [0.05, 0.1) is 12.2 Å². The van der Waals surface area contributed by atoms with E-state index in [0.717, 1.165) is 36.4 Å². The van der Waals surface area contributed by atoms with Gasteiger partial charge in [0.2, 0.25) is 0 Å². The molecule has 1 aromatic rings.